The summed E-state index contributed by atoms with van der Waals surface area (Å²) in [7, 11) is 0. The van der Waals surface area contributed by atoms with Crippen LogP contribution in [0.5, 0.6) is 11.5 Å². The second-order valence-corrected chi connectivity index (χ2v) is 10.6. The van der Waals surface area contributed by atoms with Gasteiger partial charge in [-0.15, -0.1) is 0 Å². The van der Waals surface area contributed by atoms with E-state index in [9.17, 15) is 9.90 Å². The summed E-state index contributed by atoms with van der Waals surface area (Å²) in [6.07, 6.45) is 3.26. The van der Waals surface area contributed by atoms with E-state index in [1.54, 1.807) is 0 Å². The monoisotopic (exact) mass is 513 g/mol. The number of aliphatic hydroxyl groups is 1. The van der Waals surface area contributed by atoms with E-state index in [1.807, 2.05) is 30.3 Å². The van der Waals surface area contributed by atoms with Crippen LogP contribution in [0.2, 0.25) is 5.02 Å². The molecule has 3 unspecified atom stereocenters. The van der Waals surface area contributed by atoms with Crippen LogP contribution in [0.3, 0.4) is 0 Å². The van der Waals surface area contributed by atoms with Crippen molar-refractivity contribution in [3.8, 4) is 11.5 Å². The predicted molar refractivity (Wildman–Crippen MR) is 140 cm³/mol. The molecular weight excluding hydrogens is 478 g/mol. The summed E-state index contributed by atoms with van der Waals surface area (Å²) in [6, 6.07) is 13.1. The van der Waals surface area contributed by atoms with Crippen LogP contribution < -0.4 is 14.8 Å². The molecule has 0 aromatic heterocycles. The molecule has 2 aromatic rings. The topological polar surface area (TPSA) is 74.3 Å². The number of nitrogens with zero attached hydrogens (tertiary/aromatic N) is 2. The summed E-state index contributed by atoms with van der Waals surface area (Å²) in [6.45, 7) is 6.24. The number of ether oxygens (including phenoxy) is 2. The minimum absolute atomic E-state index is 0.0322. The molecular formula is C28H36ClN3O4. The maximum Gasteiger partial charge on any atom is 0.224 e. The number of hydrogen-bond donors (Lipinski definition) is 2. The van der Waals surface area contributed by atoms with Gasteiger partial charge in [-0.2, -0.15) is 0 Å². The van der Waals surface area contributed by atoms with Crippen LogP contribution >= 0.6 is 11.6 Å². The Labute approximate surface area is 218 Å². The molecule has 0 saturated carbocycles. The zero-order valence-electron chi connectivity index (χ0n) is 20.7. The lowest BCUT2D eigenvalue weighted by atomic mass is 9.99. The van der Waals surface area contributed by atoms with Gasteiger partial charge in [-0.25, -0.2) is 0 Å². The summed E-state index contributed by atoms with van der Waals surface area (Å²) in [5, 5.41) is 15.3. The third-order valence-corrected chi connectivity index (χ3v) is 7.80. The van der Waals surface area contributed by atoms with E-state index in [2.05, 4.69) is 27.2 Å². The summed E-state index contributed by atoms with van der Waals surface area (Å²) in [5.41, 5.74) is 1.99. The molecule has 3 aliphatic heterocycles. The van der Waals surface area contributed by atoms with Gasteiger partial charge in [0.05, 0.1) is 12.0 Å². The molecule has 36 heavy (non-hydrogen) atoms. The molecule has 3 heterocycles. The summed E-state index contributed by atoms with van der Waals surface area (Å²) >= 11 is 5.99. The van der Waals surface area contributed by atoms with E-state index in [1.165, 1.54) is 5.56 Å². The molecule has 2 fully saturated rings. The van der Waals surface area contributed by atoms with Crippen molar-refractivity contribution in [2.75, 3.05) is 52.5 Å². The van der Waals surface area contributed by atoms with Crippen LogP contribution in [0, 0.1) is 5.92 Å². The molecule has 194 valence electrons. The quantitative estimate of drug-likeness (QED) is 0.536. The number of aliphatic hydroxyl groups excluding tert-OH is 1. The highest BCUT2D eigenvalue weighted by Crippen LogP contribution is 2.33. The molecule has 3 atom stereocenters. The molecule has 2 aromatic carbocycles. The van der Waals surface area contributed by atoms with E-state index in [0.717, 1.165) is 69.0 Å². The highest BCUT2D eigenvalue weighted by Gasteiger charge is 2.33. The lowest BCUT2D eigenvalue weighted by molar-refractivity contribution is -0.126. The average Bonchev–Trinajstić information content (AvgIpc) is 3.60. The Morgan fingerprint density at radius 1 is 1.03 bits per heavy atom. The van der Waals surface area contributed by atoms with Crippen molar-refractivity contribution in [3.05, 3.63) is 58.6 Å². The molecule has 2 N–H and O–H groups in total. The van der Waals surface area contributed by atoms with Crippen LogP contribution in [0.1, 0.15) is 36.5 Å². The maximum atomic E-state index is 13.3. The smallest absolute Gasteiger partial charge is 0.224 e. The van der Waals surface area contributed by atoms with Gasteiger partial charge < -0.3 is 29.7 Å². The van der Waals surface area contributed by atoms with Gasteiger partial charge in [0.25, 0.3) is 0 Å². The number of likely N-dealkylation sites (tertiary alicyclic amines) is 2. The number of amides is 1. The van der Waals surface area contributed by atoms with Gasteiger partial charge in [0.1, 0.15) is 19.3 Å². The van der Waals surface area contributed by atoms with Gasteiger partial charge in [-0.3, -0.25) is 4.79 Å². The predicted octanol–water partition coefficient (Wildman–Crippen LogP) is 3.29. The fourth-order valence-corrected chi connectivity index (χ4v) is 5.56. The minimum Gasteiger partial charge on any atom is -0.486 e. The third kappa shape index (κ3) is 6.32. The molecule has 8 heteroatoms. The molecule has 0 aliphatic carbocycles. The highest BCUT2D eigenvalue weighted by molar-refractivity contribution is 6.30. The Hall–Kier alpha value is -2.32. The molecule has 3 aliphatic rings. The summed E-state index contributed by atoms with van der Waals surface area (Å²) in [5.74, 6) is 1.31. The van der Waals surface area contributed by atoms with Gasteiger partial charge >= 0.3 is 0 Å². The van der Waals surface area contributed by atoms with E-state index in [4.69, 9.17) is 21.1 Å². The largest absolute Gasteiger partial charge is 0.486 e. The maximum absolute atomic E-state index is 13.3. The van der Waals surface area contributed by atoms with E-state index in [-0.39, 0.29) is 17.9 Å². The van der Waals surface area contributed by atoms with E-state index < -0.39 is 6.10 Å². The number of benzene rings is 2. The first kappa shape index (κ1) is 25.3. The van der Waals surface area contributed by atoms with Gasteiger partial charge in [0.2, 0.25) is 5.91 Å². The molecule has 5 rings (SSSR count). The average molecular weight is 514 g/mol. The van der Waals surface area contributed by atoms with Crippen LogP contribution in [-0.4, -0.2) is 79.3 Å². The molecule has 2 saturated heterocycles. The molecule has 1 amide bonds. The van der Waals surface area contributed by atoms with Crippen molar-refractivity contribution in [2.45, 2.75) is 37.8 Å². The van der Waals surface area contributed by atoms with Crippen molar-refractivity contribution < 1.29 is 19.4 Å². The first-order valence-electron chi connectivity index (χ1n) is 13.1. The van der Waals surface area contributed by atoms with Crippen molar-refractivity contribution in [2.24, 2.45) is 5.92 Å². The third-order valence-electron chi connectivity index (χ3n) is 7.54. The number of halogens is 1. The molecule has 0 bridgehead atoms. The summed E-state index contributed by atoms with van der Waals surface area (Å²) < 4.78 is 11.3. The number of fused-ring (bicyclic) bond motifs is 1. The Kier molecular flexibility index (Phi) is 8.32. The first-order chi connectivity index (χ1) is 17.5. The lowest BCUT2D eigenvalue weighted by Crippen LogP contribution is -2.48. The number of rotatable bonds is 9. The Balaban J connectivity index is 1.20. The van der Waals surface area contributed by atoms with E-state index in [0.29, 0.717) is 31.3 Å². The zero-order valence-corrected chi connectivity index (χ0v) is 21.5. The number of hydrogen-bond acceptors (Lipinski definition) is 6. The Morgan fingerprint density at radius 3 is 2.56 bits per heavy atom. The van der Waals surface area contributed by atoms with Crippen molar-refractivity contribution in [1.29, 1.82) is 0 Å². The second kappa shape index (κ2) is 11.8. The zero-order chi connectivity index (χ0) is 24.9. The number of carbonyl (C=O) groups is 1. The first-order valence-corrected chi connectivity index (χ1v) is 13.5. The second-order valence-electron chi connectivity index (χ2n) is 10.1. The summed E-state index contributed by atoms with van der Waals surface area (Å²) in [4.78, 5) is 18.0. The van der Waals surface area contributed by atoms with Gasteiger partial charge in [-0.05, 0) is 80.7 Å². The lowest BCUT2D eigenvalue weighted by Gasteiger charge is -2.30. The van der Waals surface area contributed by atoms with Crippen molar-refractivity contribution >= 4 is 17.5 Å². The van der Waals surface area contributed by atoms with Crippen LogP contribution in [0.4, 0.5) is 0 Å². The van der Waals surface area contributed by atoms with Gasteiger partial charge in [-0.1, -0.05) is 29.8 Å². The van der Waals surface area contributed by atoms with Crippen molar-refractivity contribution in [1.82, 2.24) is 15.1 Å². The van der Waals surface area contributed by atoms with E-state index >= 15 is 0 Å². The SMILES string of the molecule is O=C(NC(CN1CCCC1)C(O)c1ccc2c(c1)OCCO2)C1CCN(CCc2ccc(Cl)cc2)C1. The molecule has 0 spiro atoms. The number of carbonyl (C=O) groups excluding carboxylic acids is 1. The van der Waals surface area contributed by atoms with Gasteiger partial charge in [0.15, 0.2) is 11.5 Å². The molecule has 0 radical (unpaired) electrons. The van der Waals surface area contributed by atoms with Crippen LogP contribution in [0.15, 0.2) is 42.5 Å². The Bertz CT molecular complexity index is 1030. The standard InChI is InChI=1S/C28H36ClN3O4/c29-23-6-3-20(4-7-23)9-13-32-14-10-22(18-32)28(34)30-24(19-31-11-1-2-12-31)27(33)21-5-8-25-26(17-21)36-16-15-35-25/h3-8,17,22,24,27,33H,1-2,9-16,18-19H2,(H,30,34). The van der Waals surface area contributed by atoms with Crippen molar-refractivity contribution in [3.63, 3.8) is 0 Å². The van der Waals surface area contributed by atoms with Crippen LogP contribution in [-0.2, 0) is 11.2 Å². The fourth-order valence-electron chi connectivity index (χ4n) is 5.43. The number of nitrogens with one attached hydrogen (secondary N) is 1. The Morgan fingerprint density at radius 2 is 1.78 bits per heavy atom. The van der Waals surface area contributed by atoms with Crippen LogP contribution in [0.25, 0.3) is 0 Å². The highest BCUT2D eigenvalue weighted by atomic mass is 35.5. The molecule has 7 nitrogen and oxygen atoms in total. The minimum atomic E-state index is -0.826. The fraction of sp³-hybridized carbons (Fsp3) is 0.536. The van der Waals surface area contributed by atoms with Gasteiger partial charge in [0, 0.05) is 24.7 Å². The normalized spacial score (nSPS) is 21.9.